The third kappa shape index (κ3) is 4.09. The highest BCUT2D eigenvalue weighted by Gasteiger charge is 2.36. The average Bonchev–Trinajstić information content (AvgIpc) is 2.84. The van der Waals surface area contributed by atoms with Crippen LogP contribution in [0.2, 0.25) is 0 Å². The van der Waals surface area contributed by atoms with Crippen LogP contribution in [-0.2, 0) is 17.4 Å². The molecule has 0 spiro atoms. The van der Waals surface area contributed by atoms with Crippen molar-refractivity contribution < 1.29 is 18.0 Å². The minimum Gasteiger partial charge on any atom is -0.293 e. The molecule has 1 aliphatic heterocycles. The van der Waals surface area contributed by atoms with Gasteiger partial charge in [-0.25, -0.2) is 4.99 Å². The Hall–Kier alpha value is -2.28. The van der Waals surface area contributed by atoms with E-state index in [4.69, 9.17) is 0 Å². The van der Waals surface area contributed by atoms with Gasteiger partial charge in [0.05, 0.1) is 16.5 Å². The standard InChI is InChI=1S/C19H17F3N2OS/c1-12-6-8-13(9-7-12)10-16-17(25)24(2)18(26-16)23-15-5-3-4-14(11-15)19(20,21)22/h3-9,11,16H,10H2,1-2H3/t16-/m0/s1. The second kappa shape index (κ2) is 7.15. The van der Waals surface area contributed by atoms with Crippen molar-refractivity contribution in [3.8, 4) is 0 Å². The van der Waals surface area contributed by atoms with Gasteiger partial charge in [0, 0.05) is 7.05 Å². The lowest BCUT2D eigenvalue weighted by atomic mass is 10.1. The summed E-state index contributed by atoms with van der Waals surface area (Å²) in [6, 6.07) is 12.7. The van der Waals surface area contributed by atoms with Gasteiger partial charge in [0.25, 0.3) is 0 Å². The zero-order valence-corrected chi connectivity index (χ0v) is 15.1. The molecule has 0 radical (unpaired) electrons. The fourth-order valence-electron chi connectivity index (χ4n) is 2.60. The van der Waals surface area contributed by atoms with Gasteiger partial charge in [-0.1, -0.05) is 47.7 Å². The first-order valence-electron chi connectivity index (χ1n) is 8.00. The van der Waals surface area contributed by atoms with Gasteiger partial charge in [-0.3, -0.25) is 9.69 Å². The molecule has 0 bridgehead atoms. The average molecular weight is 378 g/mol. The number of amides is 1. The van der Waals surface area contributed by atoms with Crippen LogP contribution in [-0.4, -0.2) is 28.3 Å². The molecule has 1 saturated heterocycles. The molecule has 1 atom stereocenters. The number of hydrogen-bond donors (Lipinski definition) is 0. The predicted octanol–water partition coefficient (Wildman–Crippen LogP) is 4.82. The highest BCUT2D eigenvalue weighted by Crippen LogP contribution is 2.34. The molecule has 0 N–H and O–H groups in total. The summed E-state index contributed by atoms with van der Waals surface area (Å²) >= 11 is 1.28. The fraction of sp³-hybridized carbons (Fsp3) is 0.263. The van der Waals surface area contributed by atoms with Gasteiger partial charge in [-0.2, -0.15) is 13.2 Å². The van der Waals surface area contributed by atoms with Crippen LogP contribution in [0.5, 0.6) is 0 Å². The largest absolute Gasteiger partial charge is 0.416 e. The molecule has 1 fully saturated rings. The number of halogens is 3. The maximum atomic E-state index is 12.8. The molecule has 1 amide bonds. The Labute approximate surface area is 153 Å². The van der Waals surface area contributed by atoms with E-state index in [1.165, 1.54) is 28.8 Å². The van der Waals surface area contributed by atoms with Crippen LogP contribution in [0.3, 0.4) is 0 Å². The minimum absolute atomic E-state index is 0.0960. The first kappa shape index (κ1) is 18.5. The van der Waals surface area contributed by atoms with Crippen molar-refractivity contribution in [2.75, 3.05) is 7.05 Å². The lowest BCUT2D eigenvalue weighted by Crippen LogP contribution is -2.28. The maximum Gasteiger partial charge on any atom is 0.416 e. The molecule has 26 heavy (non-hydrogen) atoms. The number of carbonyl (C=O) groups is 1. The number of rotatable bonds is 3. The molecule has 3 nitrogen and oxygen atoms in total. The molecule has 2 aromatic rings. The number of benzene rings is 2. The highest BCUT2D eigenvalue weighted by atomic mass is 32.2. The van der Waals surface area contributed by atoms with Crippen LogP contribution < -0.4 is 0 Å². The van der Waals surface area contributed by atoms with Crippen LogP contribution in [0.25, 0.3) is 0 Å². The van der Waals surface area contributed by atoms with E-state index in [0.29, 0.717) is 11.6 Å². The number of thioether (sulfide) groups is 1. The number of alkyl halides is 3. The van der Waals surface area contributed by atoms with Crippen LogP contribution in [0, 0.1) is 6.92 Å². The summed E-state index contributed by atoms with van der Waals surface area (Å²) in [5.41, 5.74) is 1.60. The first-order valence-corrected chi connectivity index (χ1v) is 8.88. The molecule has 1 heterocycles. The summed E-state index contributed by atoms with van der Waals surface area (Å²) in [5, 5.41) is 0.0821. The summed E-state index contributed by atoms with van der Waals surface area (Å²) < 4.78 is 38.5. The number of aryl methyl sites for hydroxylation is 1. The summed E-state index contributed by atoms with van der Waals surface area (Å²) in [5.74, 6) is -0.0960. The van der Waals surface area contributed by atoms with E-state index in [2.05, 4.69) is 4.99 Å². The fourth-order valence-corrected chi connectivity index (χ4v) is 3.79. The van der Waals surface area contributed by atoms with Gasteiger partial charge in [0.15, 0.2) is 5.17 Å². The van der Waals surface area contributed by atoms with E-state index in [1.54, 1.807) is 7.05 Å². The number of nitrogens with zero attached hydrogens (tertiary/aromatic N) is 2. The molecule has 0 aliphatic carbocycles. The second-order valence-electron chi connectivity index (χ2n) is 6.14. The van der Waals surface area contributed by atoms with Crippen molar-refractivity contribution in [2.24, 2.45) is 4.99 Å². The first-order chi connectivity index (χ1) is 12.2. The summed E-state index contributed by atoms with van der Waals surface area (Å²) in [4.78, 5) is 18.1. The molecule has 7 heteroatoms. The molecule has 3 rings (SSSR count). The summed E-state index contributed by atoms with van der Waals surface area (Å²) in [6.45, 7) is 1.99. The predicted molar refractivity (Wildman–Crippen MR) is 97.6 cm³/mol. The SMILES string of the molecule is Cc1ccc(C[C@@H]2SC(=Nc3cccc(C(F)(F)F)c3)N(C)C2=O)cc1. The van der Waals surface area contributed by atoms with Crippen molar-refractivity contribution in [1.29, 1.82) is 0 Å². The van der Waals surface area contributed by atoms with Gasteiger partial charge < -0.3 is 0 Å². The van der Waals surface area contributed by atoms with Crippen LogP contribution in [0.1, 0.15) is 16.7 Å². The number of aliphatic imine (C=N–C) groups is 1. The normalized spacial score (nSPS) is 19.4. The third-order valence-corrected chi connectivity index (χ3v) is 5.31. The van der Waals surface area contributed by atoms with Crippen molar-refractivity contribution in [3.05, 3.63) is 65.2 Å². The Balaban J connectivity index is 1.80. The molecule has 136 valence electrons. The van der Waals surface area contributed by atoms with Crippen LogP contribution >= 0.6 is 11.8 Å². The smallest absolute Gasteiger partial charge is 0.293 e. The molecular formula is C19H17F3N2OS. The topological polar surface area (TPSA) is 32.7 Å². The lowest BCUT2D eigenvalue weighted by Gasteiger charge is -2.10. The molecule has 0 aromatic heterocycles. The van der Waals surface area contributed by atoms with E-state index in [9.17, 15) is 18.0 Å². The number of carbonyl (C=O) groups excluding carboxylic acids is 1. The molecule has 1 aliphatic rings. The number of hydrogen-bond acceptors (Lipinski definition) is 3. The van der Waals surface area contributed by atoms with E-state index >= 15 is 0 Å². The van der Waals surface area contributed by atoms with Crippen LogP contribution in [0.15, 0.2) is 53.5 Å². The third-order valence-electron chi connectivity index (χ3n) is 4.08. The van der Waals surface area contributed by atoms with Crippen molar-refractivity contribution in [1.82, 2.24) is 4.90 Å². The van der Waals surface area contributed by atoms with Gasteiger partial charge in [0.2, 0.25) is 5.91 Å². The van der Waals surface area contributed by atoms with E-state index < -0.39 is 11.7 Å². The Morgan fingerprint density at radius 1 is 1.15 bits per heavy atom. The monoisotopic (exact) mass is 378 g/mol. The summed E-state index contributed by atoms with van der Waals surface area (Å²) in [6.07, 6.45) is -3.87. The van der Waals surface area contributed by atoms with Crippen molar-refractivity contribution >= 4 is 28.5 Å². The zero-order chi connectivity index (χ0) is 18.9. The van der Waals surface area contributed by atoms with E-state index in [-0.39, 0.29) is 16.8 Å². The Kier molecular flexibility index (Phi) is 5.09. The lowest BCUT2D eigenvalue weighted by molar-refractivity contribution is -0.137. The van der Waals surface area contributed by atoms with Gasteiger partial charge in [0.1, 0.15) is 0 Å². The molecular weight excluding hydrogens is 361 g/mol. The van der Waals surface area contributed by atoms with E-state index in [0.717, 1.165) is 23.3 Å². The molecule has 0 saturated carbocycles. The van der Waals surface area contributed by atoms with Gasteiger partial charge >= 0.3 is 6.18 Å². The Bertz CT molecular complexity index is 847. The Morgan fingerprint density at radius 3 is 2.50 bits per heavy atom. The molecule has 0 unspecified atom stereocenters. The van der Waals surface area contributed by atoms with Crippen LogP contribution in [0.4, 0.5) is 18.9 Å². The zero-order valence-electron chi connectivity index (χ0n) is 14.2. The highest BCUT2D eigenvalue weighted by molar-refractivity contribution is 8.15. The van der Waals surface area contributed by atoms with Crippen molar-refractivity contribution in [3.63, 3.8) is 0 Å². The minimum atomic E-state index is -4.42. The van der Waals surface area contributed by atoms with E-state index in [1.807, 2.05) is 31.2 Å². The Morgan fingerprint density at radius 2 is 1.85 bits per heavy atom. The second-order valence-corrected chi connectivity index (χ2v) is 7.31. The maximum absolute atomic E-state index is 12.8. The number of amidine groups is 1. The van der Waals surface area contributed by atoms with Gasteiger partial charge in [-0.05, 0) is 37.1 Å². The molecule has 2 aromatic carbocycles. The quantitative estimate of drug-likeness (QED) is 0.767. The van der Waals surface area contributed by atoms with Crippen molar-refractivity contribution in [2.45, 2.75) is 24.8 Å². The van der Waals surface area contributed by atoms with Gasteiger partial charge in [-0.15, -0.1) is 0 Å². The summed E-state index contributed by atoms with van der Waals surface area (Å²) in [7, 11) is 1.59.